The second-order valence-corrected chi connectivity index (χ2v) is 4.02. The van der Waals surface area contributed by atoms with Crippen molar-refractivity contribution >= 4 is 10.8 Å². The Labute approximate surface area is 73.9 Å². The van der Waals surface area contributed by atoms with Gasteiger partial charge in [0.1, 0.15) is 0 Å². The van der Waals surface area contributed by atoms with Gasteiger partial charge in [0, 0.05) is 29.4 Å². The molecule has 1 N–H and O–H groups in total. The van der Waals surface area contributed by atoms with Crippen LogP contribution in [0.15, 0.2) is 24.5 Å². The van der Waals surface area contributed by atoms with Gasteiger partial charge >= 0.3 is 0 Å². The summed E-state index contributed by atoms with van der Waals surface area (Å²) in [7, 11) is -0.967. The average molecular weight is 185 g/mol. The van der Waals surface area contributed by atoms with Crippen molar-refractivity contribution in [1.29, 1.82) is 0 Å². The highest BCUT2D eigenvalue weighted by molar-refractivity contribution is 7.84. The molecule has 0 amide bonds. The Morgan fingerprint density at radius 2 is 2.17 bits per heavy atom. The summed E-state index contributed by atoms with van der Waals surface area (Å²) < 4.78 is 10.8. The van der Waals surface area contributed by atoms with Crippen LogP contribution in [0.25, 0.3) is 0 Å². The average Bonchev–Trinajstić information content (AvgIpc) is 2.05. The van der Waals surface area contributed by atoms with Gasteiger partial charge < -0.3 is 5.11 Å². The highest BCUT2D eigenvalue weighted by atomic mass is 32.2. The molecule has 0 aliphatic heterocycles. The van der Waals surface area contributed by atoms with Crippen molar-refractivity contribution in [3.63, 3.8) is 0 Å². The number of aliphatic hydroxyl groups excluding tert-OH is 1. The van der Waals surface area contributed by atoms with E-state index in [9.17, 15) is 9.32 Å². The van der Waals surface area contributed by atoms with Gasteiger partial charge in [-0.2, -0.15) is 0 Å². The van der Waals surface area contributed by atoms with E-state index in [-0.39, 0.29) is 5.75 Å². The maximum absolute atomic E-state index is 10.8. The van der Waals surface area contributed by atoms with Gasteiger partial charge in [-0.25, -0.2) is 0 Å². The molecule has 0 aromatic carbocycles. The fourth-order valence-electron chi connectivity index (χ4n) is 0.904. The number of pyridine rings is 1. The Bertz CT molecular complexity index is 263. The summed E-state index contributed by atoms with van der Waals surface area (Å²) in [6.45, 7) is 0. The van der Waals surface area contributed by atoms with Crippen molar-refractivity contribution in [3.8, 4) is 0 Å². The van der Waals surface area contributed by atoms with E-state index in [4.69, 9.17) is 0 Å². The van der Waals surface area contributed by atoms with Gasteiger partial charge in [-0.3, -0.25) is 9.19 Å². The molecule has 2 atom stereocenters. The molecule has 1 aromatic heterocycles. The third-order valence-electron chi connectivity index (χ3n) is 1.48. The van der Waals surface area contributed by atoms with Crippen molar-refractivity contribution in [1.82, 2.24) is 4.98 Å². The summed E-state index contributed by atoms with van der Waals surface area (Å²) in [5, 5.41) is 9.47. The summed E-state index contributed by atoms with van der Waals surface area (Å²) in [5.41, 5.74) is 0.764. The Balaban J connectivity index is 2.65. The van der Waals surface area contributed by atoms with Crippen molar-refractivity contribution < 1.29 is 9.32 Å². The first-order chi connectivity index (χ1) is 5.70. The first-order valence-electron chi connectivity index (χ1n) is 3.58. The molecule has 0 aliphatic carbocycles. The Morgan fingerprint density at radius 1 is 1.58 bits per heavy atom. The van der Waals surface area contributed by atoms with Crippen LogP contribution in [0.4, 0.5) is 0 Å². The molecule has 0 fully saturated rings. The number of rotatable bonds is 3. The number of hydrogen-bond acceptors (Lipinski definition) is 3. The van der Waals surface area contributed by atoms with Gasteiger partial charge in [0.25, 0.3) is 0 Å². The normalized spacial score (nSPS) is 15.5. The lowest BCUT2D eigenvalue weighted by molar-refractivity contribution is 0.203. The summed E-state index contributed by atoms with van der Waals surface area (Å²) in [6.07, 6.45) is 4.15. The van der Waals surface area contributed by atoms with E-state index in [0.29, 0.717) is 0 Å². The van der Waals surface area contributed by atoms with E-state index in [2.05, 4.69) is 4.98 Å². The van der Waals surface area contributed by atoms with Gasteiger partial charge in [-0.15, -0.1) is 0 Å². The van der Waals surface area contributed by atoms with E-state index in [1.807, 2.05) is 0 Å². The first-order valence-corrected chi connectivity index (χ1v) is 5.31. The molecular weight excluding hydrogens is 174 g/mol. The molecule has 0 radical (unpaired) electrons. The molecule has 0 aliphatic rings. The van der Waals surface area contributed by atoms with Crippen molar-refractivity contribution in [3.05, 3.63) is 30.1 Å². The number of aliphatic hydroxyl groups is 1. The van der Waals surface area contributed by atoms with Crippen LogP contribution >= 0.6 is 0 Å². The van der Waals surface area contributed by atoms with E-state index in [1.165, 1.54) is 0 Å². The highest BCUT2D eigenvalue weighted by Crippen LogP contribution is 2.11. The van der Waals surface area contributed by atoms with Crippen LogP contribution in [0.3, 0.4) is 0 Å². The van der Waals surface area contributed by atoms with Crippen LogP contribution < -0.4 is 0 Å². The summed E-state index contributed by atoms with van der Waals surface area (Å²) in [5.74, 6) is 0.282. The van der Waals surface area contributed by atoms with Crippen LogP contribution in [-0.4, -0.2) is 26.3 Å². The lowest BCUT2D eigenvalue weighted by Crippen LogP contribution is -2.07. The van der Waals surface area contributed by atoms with Crippen LogP contribution in [-0.2, 0) is 10.8 Å². The zero-order chi connectivity index (χ0) is 8.97. The zero-order valence-corrected chi connectivity index (χ0v) is 7.62. The highest BCUT2D eigenvalue weighted by Gasteiger charge is 2.07. The number of nitrogens with zero attached hydrogens (tertiary/aromatic N) is 1. The minimum atomic E-state index is -0.967. The molecule has 1 aromatic rings. The molecule has 3 nitrogen and oxygen atoms in total. The van der Waals surface area contributed by atoms with E-state index >= 15 is 0 Å². The van der Waals surface area contributed by atoms with E-state index in [0.717, 1.165) is 5.56 Å². The molecule has 4 heteroatoms. The molecule has 12 heavy (non-hydrogen) atoms. The standard InChI is InChI=1S/C8H11NO2S/c1-12(11)6-8(10)7-2-4-9-5-3-7/h2-5,8,10H,6H2,1H3/t8-,12?/m1/s1. The lowest BCUT2D eigenvalue weighted by Gasteiger charge is -2.07. The topological polar surface area (TPSA) is 50.2 Å². The van der Waals surface area contributed by atoms with E-state index < -0.39 is 16.9 Å². The summed E-state index contributed by atoms with van der Waals surface area (Å²) in [4.78, 5) is 3.82. The molecule has 1 heterocycles. The van der Waals surface area contributed by atoms with Crippen molar-refractivity contribution in [2.45, 2.75) is 6.10 Å². The predicted octanol–water partition coefficient (Wildman–Crippen LogP) is 0.494. The first kappa shape index (κ1) is 9.35. The molecule has 0 bridgehead atoms. The van der Waals surface area contributed by atoms with Gasteiger partial charge in [0.15, 0.2) is 0 Å². The third-order valence-corrected chi connectivity index (χ3v) is 2.27. The maximum atomic E-state index is 10.8. The van der Waals surface area contributed by atoms with Crippen LogP contribution in [0.5, 0.6) is 0 Å². The predicted molar refractivity (Wildman–Crippen MR) is 48.1 cm³/mol. The minimum Gasteiger partial charge on any atom is -0.387 e. The monoisotopic (exact) mass is 185 g/mol. The molecule has 0 saturated carbocycles. The van der Waals surface area contributed by atoms with Crippen molar-refractivity contribution in [2.75, 3.05) is 12.0 Å². The van der Waals surface area contributed by atoms with Crippen molar-refractivity contribution in [2.24, 2.45) is 0 Å². The summed E-state index contributed by atoms with van der Waals surface area (Å²) >= 11 is 0. The van der Waals surface area contributed by atoms with Gasteiger partial charge in [0.05, 0.1) is 11.9 Å². The second kappa shape index (κ2) is 4.33. The molecule has 66 valence electrons. The van der Waals surface area contributed by atoms with Crippen LogP contribution in [0.1, 0.15) is 11.7 Å². The zero-order valence-electron chi connectivity index (χ0n) is 6.80. The molecule has 1 unspecified atom stereocenters. The van der Waals surface area contributed by atoms with Gasteiger partial charge in [-0.05, 0) is 17.7 Å². The fourth-order valence-corrected chi connectivity index (χ4v) is 1.54. The Hall–Kier alpha value is -0.740. The lowest BCUT2D eigenvalue weighted by atomic mass is 10.2. The van der Waals surface area contributed by atoms with E-state index in [1.54, 1.807) is 30.8 Å². The fraction of sp³-hybridized carbons (Fsp3) is 0.375. The van der Waals surface area contributed by atoms with Gasteiger partial charge in [-0.1, -0.05) is 0 Å². The van der Waals surface area contributed by atoms with Crippen LogP contribution in [0, 0.1) is 0 Å². The quantitative estimate of drug-likeness (QED) is 0.745. The smallest absolute Gasteiger partial charge is 0.0906 e. The maximum Gasteiger partial charge on any atom is 0.0906 e. The molecule has 1 rings (SSSR count). The Kier molecular flexibility index (Phi) is 3.37. The number of aromatic nitrogens is 1. The number of hydrogen-bond donors (Lipinski definition) is 1. The SMILES string of the molecule is CS(=O)C[C@@H](O)c1ccncc1. The van der Waals surface area contributed by atoms with Crippen LogP contribution in [0.2, 0.25) is 0 Å². The summed E-state index contributed by atoms with van der Waals surface area (Å²) in [6, 6.07) is 3.44. The molecule has 0 spiro atoms. The molecular formula is C8H11NO2S. The molecule has 0 saturated heterocycles. The second-order valence-electron chi connectivity index (χ2n) is 2.54. The van der Waals surface area contributed by atoms with Gasteiger partial charge in [0.2, 0.25) is 0 Å². The minimum absolute atomic E-state index is 0.282. The third kappa shape index (κ3) is 2.71. The largest absolute Gasteiger partial charge is 0.387 e. The Morgan fingerprint density at radius 3 is 2.67 bits per heavy atom.